The van der Waals surface area contributed by atoms with Crippen LogP contribution in [0.3, 0.4) is 0 Å². The van der Waals surface area contributed by atoms with E-state index in [1.54, 1.807) is 0 Å². The predicted molar refractivity (Wildman–Crippen MR) is 67.9 cm³/mol. The molecule has 4 nitrogen and oxygen atoms in total. The lowest BCUT2D eigenvalue weighted by Gasteiger charge is -2.38. The molecule has 0 heterocycles. The quantitative estimate of drug-likeness (QED) is 0.539. The Kier molecular flexibility index (Phi) is 5.38. The van der Waals surface area contributed by atoms with Gasteiger partial charge in [-0.3, -0.25) is 9.59 Å². The molecular weight excluding hydrogens is 232 g/mol. The van der Waals surface area contributed by atoms with Crippen LogP contribution >= 0.6 is 0 Å². The minimum atomic E-state index is -0.427. The molecular formula is C14H22O4. The van der Waals surface area contributed by atoms with Crippen LogP contribution in [0.1, 0.15) is 39.5 Å². The predicted octanol–water partition coefficient (Wildman–Crippen LogP) is 2.48. The van der Waals surface area contributed by atoms with Crippen LogP contribution in [-0.4, -0.2) is 26.2 Å². The van der Waals surface area contributed by atoms with Gasteiger partial charge in [0.15, 0.2) is 0 Å². The van der Waals surface area contributed by atoms with Gasteiger partial charge in [0.1, 0.15) is 0 Å². The van der Waals surface area contributed by atoms with Gasteiger partial charge in [-0.2, -0.15) is 0 Å². The molecule has 0 saturated carbocycles. The number of ether oxygens (including phenoxy) is 2. The number of carbonyl (C=O) groups is 2. The van der Waals surface area contributed by atoms with Gasteiger partial charge in [-0.25, -0.2) is 0 Å². The molecule has 0 aromatic carbocycles. The second kappa shape index (κ2) is 6.57. The molecule has 102 valence electrons. The maximum Gasteiger partial charge on any atom is 0.314 e. The van der Waals surface area contributed by atoms with Crippen molar-refractivity contribution in [1.82, 2.24) is 0 Å². The van der Waals surface area contributed by atoms with E-state index in [1.807, 2.05) is 0 Å². The lowest BCUT2D eigenvalue weighted by atomic mass is 9.65. The summed E-state index contributed by atoms with van der Waals surface area (Å²) in [6.45, 7) is 4.13. The summed E-state index contributed by atoms with van der Waals surface area (Å²) in [7, 11) is 2.72. The summed E-state index contributed by atoms with van der Waals surface area (Å²) in [5.74, 6) is -1.50. The van der Waals surface area contributed by atoms with Gasteiger partial charge in [-0.15, -0.1) is 0 Å². The van der Waals surface area contributed by atoms with Crippen LogP contribution in [-0.2, 0) is 19.1 Å². The van der Waals surface area contributed by atoms with Crippen LogP contribution in [0.5, 0.6) is 0 Å². The third-order valence-electron chi connectivity index (χ3n) is 3.45. The molecule has 18 heavy (non-hydrogen) atoms. The molecule has 0 bridgehead atoms. The largest absolute Gasteiger partial charge is 0.469 e. The van der Waals surface area contributed by atoms with E-state index in [0.29, 0.717) is 0 Å². The second-order valence-electron chi connectivity index (χ2n) is 4.55. The van der Waals surface area contributed by atoms with Gasteiger partial charge in [0, 0.05) is 0 Å². The van der Waals surface area contributed by atoms with Gasteiger partial charge in [-0.1, -0.05) is 37.8 Å². The zero-order chi connectivity index (χ0) is 13.7. The van der Waals surface area contributed by atoms with Gasteiger partial charge in [0.05, 0.1) is 26.1 Å². The van der Waals surface area contributed by atoms with E-state index < -0.39 is 11.8 Å². The summed E-state index contributed by atoms with van der Waals surface area (Å²) in [6, 6.07) is 0. The lowest BCUT2D eigenvalue weighted by Crippen LogP contribution is -2.42. The summed E-state index contributed by atoms with van der Waals surface area (Å²) in [4.78, 5) is 23.6. The number of methoxy groups -OCH3 is 2. The van der Waals surface area contributed by atoms with Crippen molar-refractivity contribution < 1.29 is 19.1 Å². The third kappa shape index (κ3) is 2.57. The van der Waals surface area contributed by atoms with E-state index in [1.165, 1.54) is 14.2 Å². The molecule has 0 spiro atoms. The molecule has 1 rings (SSSR count). The van der Waals surface area contributed by atoms with Gasteiger partial charge in [0.2, 0.25) is 0 Å². The molecule has 1 aliphatic rings. The first-order chi connectivity index (χ1) is 8.62. The average Bonchev–Trinajstić information content (AvgIpc) is 2.38. The van der Waals surface area contributed by atoms with Crippen LogP contribution in [0.2, 0.25) is 0 Å². The number of rotatable bonds is 6. The molecule has 0 fully saturated rings. The van der Waals surface area contributed by atoms with Crippen molar-refractivity contribution in [1.29, 1.82) is 0 Å². The van der Waals surface area contributed by atoms with E-state index in [2.05, 4.69) is 13.8 Å². The van der Waals surface area contributed by atoms with Crippen molar-refractivity contribution in [3.63, 3.8) is 0 Å². The maximum absolute atomic E-state index is 11.8. The lowest BCUT2D eigenvalue weighted by molar-refractivity contribution is -0.156. The van der Waals surface area contributed by atoms with Gasteiger partial charge in [0.25, 0.3) is 0 Å². The molecule has 0 unspecified atom stereocenters. The SMILES string of the molecule is CCCC1=C(CCC)[C@H](C(=O)OC)[C@@H]1C(=O)OC. The molecule has 0 aromatic heterocycles. The zero-order valence-electron chi connectivity index (χ0n) is 11.6. The molecule has 0 saturated heterocycles. The molecule has 0 N–H and O–H groups in total. The van der Waals surface area contributed by atoms with Crippen molar-refractivity contribution in [3.05, 3.63) is 11.1 Å². The monoisotopic (exact) mass is 254 g/mol. The minimum Gasteiger partial charge on any atom is -0.469 e. The molecule has 0 amide bonds. The van der Waals surface area contributed by atoms with E-state index in [0.717, 1.165) is 36.8 Å². The summed E-state index contributed by atoms with van der Waals surface area (Å²) in [6.07, 6.45) is 3.62. The number of esters is 2. The van der Waals surface area contributed by atoms with Crippen molar-refractivity contribution in [2.45, 2.75) is 39.5 Å². The highest BCUT2D eigenvalue weighted by Crippen LogP contribution is 2.46. The van der Waals surface area contributed by atoms with E-state index >= 15 is 0 Å². The van der Waals surface area contributed by atoms with Crippen LogP contribution in [0.4, 0.5) is 0 Å². The Balaban J connectivity index is 3.04. The van der Waals surface area contributed by atoms with E-state index in [4.69, 9.17) is 9.47 Å². The number of carbonyl (C=O) groups excluding carboxylic acids is 2. The van der Waals surface area contributed by atoms with Crippen molar-refractivity contribution in [2.75, 3.05) is 14.2 Å². The maximum atomic E-state index is 11.8. The molecule has 1 aliphatic carbocycles. The third-order valence-corrected chi connectivity index (χ3v) is 3.45. The van der Waals surface area contributed by atoms with Crippen LogP contribution < -0.4 is 0 Å². The van der Waals surface area contributed by atoms with Gasteiger partial charge >= 0.3 is 11.9 Å². The Labute approximate surface area is 108 Å². The Bertz CT molecular complexity index is 323. The van der Waals surface area contributed by atoms with Crippen molar-refractivity contribution >= 4 is 11.9 Å². The highest BCUT2D eigenvalue weighted by atomic mass is 16.5. The number of hydrogen-bond donors (Lipinski definition) is 0. The Morgan fingerprint density at radius 1 is 0.889 bits per heavy atom. The van der Waals surface area contributed by atoms with Crippen LogP contribution in [0.15, 0.2) is 11.1 Å². The highest BCUT2D eigenvalue weighted by molar-refractivity contribution is 5.90. The molecule has 0 aromatic rings. The highest BCUT2D eigenvalue weighted by Gasteiger charge is 2.48. The molecule has 0 aliphatic heterocycles. The summed E-state index contributed by atoms with van der Waals surface area (Å²) < 4.78 is 9.60. The van der Waals surface area contributed by atoms with E-state index in [-0.39, 0.29) is 11.9 Å². The van der Waals surface area contributed by atoms with Crippen LogP contribution in [0.25, 0.3) is 0 Å². The molecule has 4 heteroatoms. The zero-order valence-corrected chi connectivity index (χ0v) is 11.6. The smallest absolute Gasteiger partial charge is 0.314 e. The van der Waals surface area contributed by atoms with Crippen LogP contribution in [0, 0.1) is 11.8 Å². The topological polar surface area (TPSA) is 52.6 Å². The second-order valence-corrected chi connectivity index (χ2v) is 4.55. The van der Waals surface area contributed by atoms with E-state index in [9.17, 15) is 9.59 Å². The normalized spacial score (nSPS) is 22.4. The van der Waals surface area contributed by atoms with Gasteiger partial charge < -0.3 is 9.47 Å². The summed E-state index contributed by atoms with van der Waals surface area (Å²) in [5.41, 5.74) is 2.17. The number of hydrogen-bond acceptors (Lipinski definition) is 4. The fraction of sp³-hybridized carbons (Fsp3) is 0.714. The Hall–Kier alpha value is -1.32. The first kappa shape index (κ1) is 14.7. The fourth-order valence-corrected chi connectivity index (χ4v) is 2.69. The van der Waals surface area contributed by atoms with Gasteiger partial charge in [-0.05, 0) is 12.8 Å². The summed E-state index contributed by atoms with van der Waals surface area (Å²) >= 11 is 0. The first-order valence-corrected chi connectivity index (χ1v) is 6.49. The summed E-state index contributed by atoms with van der Waals surface area (Å²) in [5, 5.41) is 0. The first-order valence-electron chi connectivity index (χ1n) is 6.49. The minimum absolute atomic E-state index is 0.325. The standard InChI is InChI=1S/C14H22O4/c1-5-7-9-10(8-6-2)12(14(16)18-4)11(9)13(15)17-3/h11-12H,5-8H2,1-4H3/t11-,12+. The van der Waals surface area contributed by atoms with Crippen molar-refractivity contribution in [2.24, 2.45) is 11.8 Å². The fourth-order valence-electron chi connectivity index (χ4n) is 2.69. The molecule has 2 atom stereocenters. The molecule has 0 radical (unpaired) electrons. The van der Waals surface area contributed by atoms with Crippen molar-refractivity contribution in [3.8, 4) is 0 Å². The Morgan fingerprint density at radius 2 is 1.22 bits per heavy atom. The average molecular weight is 254 g/mol. The Morgan fingerprint density at radius 3 is 1.44 bits per heavy atom.